The van der Waals surface area contributed by atoms with Crippen molar-refractivity contribution in [3.05, 3.63) is 29.8 Å². The molecule has 7 nitrogen and oxygen atoms in total. The van der Waals surface area contributed by atoms with Gasteiger partial charge in [-0.15, -0.1) is 0 Å². The van der Waals surface area contributed by atoms with E-state index in [2.05, 4.69) is 0 Å². The van der Waals surface area contributed by atoms with Gasteiger partial charge in [0, 0.05) is 13.0 Å². The van der Waals surface area contributed by atoms with Crippen LogP contribution in [0.1, 0.15) is 12.0 Å². The molecule has 7 heteroatoms. The maximum Gasteiger partial charge on any atom is 0.240 e. The molecule has 2 unspecified atom stereocenters. The Labute approximate surface area is 122 Å². The molecular formula is C14H19N3O4. The van der Waals surface area contributed by atoms with E-state index in [0.29, 0.717) is 0 Å². The van der Waals surface area contributed by atoms with E-state index in [1.165, 1.54) is 17.0 Å². The number of rotatable bonds is 4. The molecule has 0 saturated carbocycles. The lowest BCUT2D eigenvalue weighted by Crippen LogP contribution is -2.50. The van der Waals surface area contributed by atoms with Gasteiger partial charge >= 0.3 is 0 Å². The number of amides is 2. The van der Waals surface area contributed by atoms with E-state index in [1.807, 2.05) is 0 Å². The molecule has 0 spiro atoms. The van der Waals surface area contributed by atoms with Gasteiger partial charge in [-0.3, -0.25) is 9.59 Å². The fourth-order valence-electron chi connectivity index (χ4n) is 2.51. The highest BCUT2D eigenvalue weighted by Gasteiger charge is 2.39. The normalized spacial score (nSPS) is 23.0. The summed E-state index contributed by atoms with van der Waals surface area (Å²) in [6, 6.07) is 4.73. The van der Waals surface area contributed by atoms with Gasteiger partial charge in [0.1, 0.15) is 11.8 Å². The molecule has 21 heavy (non-hydrogen) atoms. The maximum absolute atomic E-state index is 12.3. The van der Waals surface area contributed by atoms with Crippen LogP contribution >= 0.6 is 0 Å². The predicted molar refractivity (Wildman–Crippen MR) is 75.1 cm³/mol. The van der Waals surface area contributed by atoms with E-state index in [4.69, 9.17) is 11.5 Å². The molecule has 2 rings (SSSR count). The van der Waals surface area contributed by atoms with E-state index < -0.39 is 30.0 Å². The second-order valence-electron chi connectivity index (χ2n) is 5.28. The number of nitrogens with zero attached hydrogens (tertiary/aromatic N) is 1. The fraction of sp³-hybridized carbons (Fsp3) is 0.429. The van der Waals surface area contributed by atoms with Gasteiger partial charge in [0.15, 0.2) is 0 Å². The minimum Gasteiger partial charge on any atom is -0.508 e. The van der Waals surface area contributed by atoms with Gasteiger partial charge in [-0.1, -0.05) is 12.1 Å². The molecule has 1 aliphatic heterocycles. The van der Waals surface area contributed by atoms with Crippen molar-refractivity contribution in [2.75, 3.05) is 6.54 Å². The van der Waals surface area contributed by atoms with Gasteiger partial charge in [-0.25, -0.2) is 0 Å². The van der Waals surface area contributed by atoms with Gasteiger partial charge < -0.3 is 26.6 Å². The van der Waals surface area contributed by atoms with Gasteiger partial charge in [-0.2, -0.15) is 0 Å². The van der Waals surface area contributed by atoms with Crippen LogP contribution in [-0.4, -0.2) is 51.7 Å². The average Bonchev–Trinajstić information content (AvgIpc) is 2.82. The van der Waals surface area contributed by atoms with Crippen molar-refractivity contribution >= 4 is 11.8 Å². The summed E-state index contributed by atoms with van der Waals surface area (Å²) in [6.45, 7) is 0.0652. The summed E-state index contributed by atoms with van der Waals surface area (Å²) >= 11 is 0. The van der Waals surface area contributed by atoms with Crippen molar-refractivity contribution in [1.29, 1.82) is 0 Å². The Morgan fingerprint density at radius 2 is 1.95 bits per heavy atom. The zero-order chi connectivity index (χ0) is 15.6. The number of aliphatic hydroxyl groups excluding tert-OH is 1. The van der Waals surface area contributed by atoms with Crippen LogP contribution in [0, 0.1) is 0 Å². The third kappa shape index (κ3) is 3.50. The molecule has 1 aromatic rings. The molecule has 1 aromatic carbocycles. The number of likely N-dealkylation sites (tertiary alicyclic amines) is 1. The van der Waals surface area contributed by atoms with E-state index >= 15 is 0 Å². The van der Waals surface area contributed by atoms with Crippen LogP contribution in [0.5, 0.6) is 5.75 Å². The van der Waals surface area contributed by atoms with Crippen molar-refractivity contribution in [3.63, 3.8) is 0 Å². The van der Waals surface area contributed by atoms with Crippen molar-refractivity contribution in [3.8, 4) is 5.75 Å². The lowest BCUT2D eigenvalue weighted by atomic mass is 10.0. The molecule has 3 atom stereocenters. The second kappa shape index (κ2) is 6.11. The van der Waals surface area contributed by atoms with Crippen molar-refractivity contribution < 1.29 is 19.8 Å². The van der Waals surface area contributed by atoms with Crippen LogP contribution in [-0.2, 0) is 16.0 Å². The lowest BCUT2D eigenvalue weighted by molar-refractivity contribution is -0.138. The summed E-state index contributed by atoms with van der Waals surface area (Å²) in [5, 5.41) is 18.8. The Hall–Kier alpha value is -2.12. The highest BCUT2D eigenvalue weighted by atomic mass is 16.3. The summed E-state index contributed by atoms with van der Waals surface area (Å²) in [7, 11) is 0. The van der Waals surface area contributed by atoms with Crippen molar-refractivity contribution in [2.24, 2.45) is 11.5 Å². The molecule has 1 fully saturated rings. The SMILES string of the molecule is NC(=O)C1CC(O)CN1C(=O)[C@H](N)Cc1ccc(O)cc1. The first kappa shape index (κ1) is 15.3. The lowest BCUT2D eigenvalue weighted by Gasteiger charge is -2.25. The van der Waals surface area contributed by atoms with Gasteiger partial charge in [0.2, 0.25) is 11.8 Å². The third-order valence-electron chi connectivity index (χ3n) is 3.60. The number of phenols is 1. The molecule has 0 bridgehead atoms. The first-order valence-electron chi connectivity index (χ1n) is 6.70. The molecule has 0 aliphatic carbocycles. The Morgan fingerprint density at radius 3 is 2.52 bits per heavy atom. The zero-order valence-electron chi connectivity index (χ0n) is 11.5. The second-order valence-corrected chi connectivity index (χ2v) is 5.28. The quantitative estimate of drug-likeness (QED) is 0.549. The van der Waals surface area contributed by atoms with Gasteiger partial charge in [-0.05, 0) is 24.1 Å². The van der Waals surface area contributed by atoms with Gasteiger partial charge in [0.25, 0.3) is 0 Å². The Balaban J connectivity index is 2.04. The van der Waals surface area contributed by atoms with Gasteiger partial charge in [0.05, 0.1) is 12.1 Å². The third-order valence-corrected chi connectivity index (χ3v) is 3.60. The van der Waals surface area contributed by atoms with Crippen molar-refractivity contribution in [1.82, 2.24) is 4.90 Å². The Kier molecular flexibility index (Phi) is 4.44. The van der Waals surface area contributed by atoms with Crippen LogP contribution in [0.3, 0.4) is 0 Å². The van der Waals surface area contributed by atoms with E-state index in [9.17, 15) is 19.8 Å². The molecular weight excluding hydrogens is 274 g/mol. The molecule has 0 aromatic heterocycles. The highest BCUT2D eigenvalue weighted by molar-refractivity contribution is 5.89. The molecule has 6 N–H and O–H groups in total. The molecule has 0 radical (unpaired) electrons. The number of aliphatic hydroxyl groups is 1. The van der Waals surface area contributed by atoms with E-state index in [0.717, 1.165) is 5.56 Å². The average molecular weight is 293 g/mol. The standard InChI is InChI=1S/C14H19N3O4/c15-11(5-8-1-3-9(18)4-2-8)14(21)17-7-10(19)6-12(17)13(16)20/h1-4,10-12,18-19H,5-7,15H2,(H2,16,20)/t10?,11-,12?/m1/s1. The first-order chi connectivity index (χ1) is 9.88. The fourth-order valence-corrected chi connectivity index (χ4v) is 2.51. The van der Waals surface area contributed by atoms with Crippen LogP contribution in [0.15, 0.2) is 24.3 Å². The topological polar surface area (TPSA) is 130 Å². The number of primary amides is 1. The Bertz CT molecular complexity index is 532. The smallest absolute Gasteiger partial charge is 0.240 e. The van der Waals surface area contributed by atoms with E-state index in [1.54, 1.807) is 12.1 Å². The van der Waals surface area contributed by atoms with Crippen LogP contribution in [0.2, 0.25) is 0 Å². The summed E-state index contributed by atoms with van der Waals surface area (Å²) in [6.07, 6.45) is -0.336. The van der Waals surface area contributed by atoms with Crippen LogP contribution < -0.4 is 11.5 Å². The molecule has 1 aliphatic rings. The zero-order valence-corrected chi connectivity index (χ0v) is 11.5. The largest absolute Gasteiger partial charge is 0.508 e. The number of hydrogen-bond donors (Lipinski definition) is 4. The summed E-state index contributed by atoms with van der Waals surface area (Å²) in [5.41, 5.74) is 11.9. The number of carbonyl (C=O) groups is 2. The number of carbonyl (C=O) groups excluding carboxylic acids is 2. The number of phenolic OH excluding ortho intramolecular Hbond substituents is 1. The number of benzene rings is 1. The molecule has 2 amide bonds. The van der Waals surface area contributed by atoms with Crippen LogP contribution in [0.25, 0.3) is 0 Å². The predicted octanol–water partition coefficient (Wildman–Crippen LogP) is -1.29. The number of aromatic hydroxyl groups is 1. The molecule has 1 heterocycles. The first-order valence-corrected chi connectivity index (χ1v) is 6.70. The van der Waals surface area contributed by atoms with E-state index in [-0.39, 0.29) is 25.1 Å². The summed E-state index contributed by atoms with van der Waals surface area (Å²) in [5.74, 6) is -0.921. The highest BCUT2D eigenvalue weighted by Crippen LogP contribution is 2.19. The monoisotopic (exact) mass is 293 g/mol. The number of β-amino-alcohol motifs (C(OH)–C–C–N with tert-alkyl or cyclic N) is 1. The minimum absolute atomic E-state index is 0.0652. The molecule has 1 saturated heterocycles. The Morgan fingerprint density at radius 1 is 1.33 bits per heavy atom. The molecule has 114 valence electrons. The number of hydrogen-bond acceptors (Lipinski definition) is 5. The minimum atomic E-state index is -0.832. The maximum atomic E-state index is 12.3. The number of nitrogens with two attached hydrogens (primary N) is 2. The summed E-state index contributed by atoms with van der Waals surface area (Å²) in [4.78, 5) is 24.9. The summed E-state index contributed by atoms with van der Waals surface area (Å²) < 4.78 is 0. The van der Waals surface area contributed by atoms with Crippen molar-refractivity contribution in [2.45, 2.75) is 31.0 Å². The van der Waals surface area contributed by atoms with Crippen LogP contribution in [0.4, 0.5) is 0 Å².